The molecule has 1 N–H and O–H groups in total. The van der Waals surface area contributed by atoms with Gasteiger partial charge in [0.1, 0.15) is 17.6 Å². The molecule has 196 valence electrons. The van der Waals surface area contributed by atoms with Crippen molar-refractivity contribution in [3.05, 3.63) is 0 Å². The summed E-state index contributed by atoms with van der Waals surface area (Å²) in [5.74, 6) is 3.31. The van der Waals surface area contributed by atoms with Gasteiger partial charge in [0.2, 0.25) is 0 Å². The lowest BCUT2D eigenvalue weighted by Gasteiger charge is -2.60. The van der Waals surface area contributed by atoms with Gasteiger partial charge in [0.05, 0.1) is 6.61 Å². The molecule has 0 aromatic heterocycles. The summed E-state index contributed by atoms with van der Waals surface area (Å²) < 4.78 is 42.2. The van der Waals surface area contributed by atoms with Gasteiger partial charge >= 0.3 is 17.2 Å². The first kappa shape index (κ1) is 24.4. The van der Waals surface area contributed by atoms with Crippen LogP contribution in [0.3, 0.4) is 0 Å². The van der Waals surface area contributed by atoms with Gasteiger partial charge in [-0.2, -0.15) is 13.1 Å². The van der Waals surface area contributed by atoms with Crippen LogP contribution in [0.25, 0.3) is 0 Å². The van der Waals surface area contributed by atoms with Crippen LogP contribution in [-0.4, -0.2) is 34.7 Å². The fourth-order valence-corrected chi connectivity index (χ4v) is 10.5. The minimum atomic E-state index is -3.97. The number of rotatable bonds is 8. The standard InChI is InChI=1S/C26H36F2O6S/c1-14-2-19-17-5-18(20(6-17)21(19)3-14)7-22(29)33-25-10-15-4-16(11-25)9-24(8-15,12-25)13-32-23(30)26(27,28)35-34-31/h14-21,31H,2-13H2,1H3. The summed E-state index contributed by atoms with van der Waals surface area (Å²) in [5.41, 5.74) is -0.985. The average Bonchev–Trinajstić information content (AvgIpc) is 3.41. The fraction of sp³-hybridized carbons (Fsp3) is 0.923. The van der Waals surface area contributed by atoms with Gasteiger partial charge in [-0.15, -0.1) is 0 Å². The SMILES string of the molecule is CC1CC2C3CC(CC(=O)OC45CC6CC(CC(COC(=O)C(F)(F)SOO)(C6)C4)C5)C(C3)C2C1. The van der Waals surface area contributed by atoms with Gasteiger partial charge in [-0.25, -0.2) is 10.1 Å². The molecule has 7 saturated carbocycles. The molecule has 7 rings (SSSR count). The van der Waals surface area contributed by atoms with Gasteiger partial charge in [0.25, 0.3) is 0 Å². The van der Waals surface area contributed by atoms with Gasteiger partial charge in [-0.1, -0.05) is 6.92 Å². The van der Waals surface area contributed by atoms with Crippen LogP contribution in [0.4, 0.5) is 8.78 Å². The van der Waals surface area contributed by atoms with E-state index in [0.717, 1.165) is 62.2 Å². The Kier molecular flexibility index (Phi) is 5.96. The van der Waals surface area contributed by atoms with Crippen molar-refractivity contribution in [1.82, 2.24) is 0 Å². The minimum Gasteiger partial charge on any atom is -0.460 e. The molecule has 0 aliphatic heterocycles. The Labute approximate surface area is 209 Å². The van der Waals surface area contributed by atoms with Crippen LogP contribution in [-0.2, 0) is 23.4 Å². The second-order valence-electron chi connectivity index (χ2n) is 13.1. The maximum Gasteiger partial charge on any atom is 0.415 e. The second-order valence-corrected chi connectivity index (χ2v) is 14.0. The molecular formula is C26H36F2O6S. The van der Waals surface area contributed by atoms with E-state index in [-0.39, 0.29) is 12.6 Å². The fourth-order valence-electron chi connectivity index (χ4n) is 10.3. The molecule has 0 radical (unpaired) electrons. The summed E-state index contributed by atoms with van der Waals surface area (Å²) >= 11 is -0.630. The number of halogens is 2. The van der Waals surface area contributed by atoms with Crippen LogP contribution in [0, 0.1) is 52.8 Å². The van der Waals surface area contributed by atoms with Crippen molar-refractivity contribution in [2.24, 2.45) is 52.8 Å². The largest absolute Gasteiger partial charge is 0.460 e. The zero-order chi connectivity index (χ0) is 24.6. The van der Waals surface area contributed by atoms with Gasteiger partial charge < -0.3 is 9.47 Å². The number of carbonyl (C=O) groups is 2. The third-order valence-corrected chi connectivity index (χ3v) is 11.1. The molecule has 35 heavy (non-hydrogen) atoms. The van der Waals surface area contributed by atoms with Crippen LogP contribution in [0.2, 0.25) is 0 Å². The number of esters is 2. The summed E-state index contributed by atoms with van der Waals surface area (Å²) in [4.78, 5) is 25.1. The highest BCUT2D eigenvalue weighted by molar-refractivity contribution is 7.96. The molecule has 0 heterocycles. The zero-order valence-corrected chi connectivity index (χ0v) is 21.1. The Morgan fingerprint density at radius 2 is 1.71 bits per heavy atom. The Hall–Kier alpha value is -0.930. The first-order valence-electron chi connectivity index (χ1n) is 13.4. The second kappa shape index (κ2) is 8.55. The molecule has 0 aromatic rings. The van der Waals surface area contributed by atoms with Gasteiger partial charge in [0, 0.05) is 11.8 Å². The van der Waals surface area contributed by atoms with E-state index < -0.39 is 34.3 Å². The maximum absolute atomic E-state index is 13.7. The van der Waals surface area contributed by atoms with Crippen molar-refractivity contribution in [1.29, 1.82) is 0 Å². The average molecular weight is 515 g/mol. The molecule has 0 spiro atoms. The molecule has 8 unspecified atom stereocenters. The molecule has 0 saturated heterocycles. The minimum absolute atomic E-state index is 0.0951. The van der Waals surface area contributed by atoms with Crippen LogP contribution in [0.5, 0.6) is 0 Å². The highest BCUT2D eigenvalue weighted by atomic mass is 32.2. The smallest absolute Gasteiger partial charge is 0.415 e. The molecule has 7 fully saturated rings. The van der Waals surface area contributed by atoms with Crippen LogP contribution < -0.4 is 0 Å². The number of hydrogen-bond acceptors (Lipinski definition) is 7. The Morgan fingerprint density at radius 3 is 2.43 bits per heavy atom. The molecule has 8 atom stereocenters. The summed E-state index contributed by atoms with van der Waals surface area (Å²) in [5, 5.41) is 4.31. The predicted octanol–water partition coefficient (Wildman–Crippen LogP) is 5.85. The van der Waals surface area contributed by atoms with E-state index in [1.165, 1.54) is 19.3 Å². The van der Waals surface area contributed by atoms with Crippen molar-refractivity contribution >= 4 is 24.0 Å². The molecule has 7 aliphatic carbocycles. The van der Waals surface area contributed by atoms with Crippen molar-refractivity contribution in [2.75, 3.05) is 6.61 Å². The van der Waals surface area contributed by atoms with E-state index in [2.05, 4.69) is 11.3 Å². The van der Waals surface area contributed by atoms with Crippen LogP contribution >= 0.6 is 12.0 Å². The normalized spacial score (nSPS) is 47.2. The quantitative estimate of drug-likeness (QED) is 0.188. The molecule has 0 aromatic carbocycles. The predicted molar refractivity (Wildman–Crippen MR) is 123 cm³/mol. The van der Waals surface area contributed by atoms with Crippen molar-refractivity contribution in [3.63, 3.8) is 0 Å². The molecule has 9 heteroatoms. The van der Waals surface area contributed by atoms with E-state index in [1.54, 1.807) is 0 Å². The third-order valence-electron chi connectivity index (χ3n) is 10.6. The van der Waals surface area contributed by atoms with Gasteiger partial charge in [0.15, 0.2) is 0 Å². The molecule has 6 nitrogen and oxygen atoms in total. The first-order valence-corrected chi connectivity index (χ1v) is 14.1. The number of hydrogen-bond donors (Lipinski definition) is 1. The van der Waals surface area contributed by atoms with Crippen LogP contribution in [0.15, 0.2) is 0 Å². The number of carbonyl (C=O) groups excluding carboxylic acids is 2. The Morgan fingerprint density at radius 1 is 1.00 bits per heavy atom. The lowest BCUT2D eigenvalue weighted by Crippen LogP contribution is -2.59. The van der Waals surface area contributed by atoms with Crippen molar-refractivity contribution < 1.29 is 37.4 Å². The maximum atomic E-state index is 13.7. The summed E-state index contributed by atoms with van der Waals surface area (Å²) in [6.07, 6.45) is 10.5. The molecule has 6 bridgehead atoms. The van der Waals surface area contributed by atoms with E-state index in [0.29, 0.717) is 36.5 Å². The topological polar surface area (TPSA) is 82.1 Å². The molecule has 7 aliphatic rings. The van der Waals surface area contributed by atoms with Crippen molar-refractivity contribution in [2.45, 2.75) is 88.4 Å². The monoisotopic (exact) mass is 514 g/mol. The van der Waals surface area contributed by atoms with E-state index in [1.807, 2.05) is 0 Å². The summed E-state index contributed by atoms with van der Waals surface area (Å²) in [6, 6.07) is 0. The number of ether oxygens (including phenoxy) is 2. The van der Waals surface area contributed by atoms with E-state index in [9.17, 15) is 18.4 Å². The molecule has 0 amide bonds. The van der Waals surface area contributed by atoms with Gasteiger partial charge in [-0.05, 0) is 112 Å². The highest BCUT2D eigenvalue weighted by Gasteiger charge is 2.61. The number of fused-ring (bicyclic) bond motifs is 5. The van der Waals surface area contributed by atoms with E-state index in [4.69, 9.17) is 14.7 Å². The van der Waals surface area contributed by atoms with Crippen LogP contribution in [0.1, 0.15) is 77.6 Å². The Balaban J connectivity index is 1.09. The lowest BCUT2D eigenvalue weighted by molar-refractivity contribution is -0.213. The first-order chi connectivity index (χ1) is 16.6. The van der Waals surface area contributed by atoms with Gasteiger partial charge in [-0.3, -0.25) is 4.79 Å². The molecular weight excluding hydrogens is 478 g/mol. The third kappa shape index (κ3) is 4.31. The zero-order valence-electron chi connectivity index (χ0n) is 20.3. The summed E-state index contributed by atoms with van der Waals surface area (Å²) in [7, 11) is 0. The van der Waals surface area contributed by atoms with E-state index >= 15 is 0 Å². The lowest BCUT2D eigenvalue weighted by atomic mass is 9.48. The number of alkyl halides is 2. The highest BCUT2D eigenvalue weighted by Crippen LogP contribution is 2.64. The van der Waals surface area contributed by atoms with Crippen molar-refractivity contribution in [3.8, 4) is 0 Å². The summed E-state index contributed by atoms with van der Waals surface area (Å²) in [6.45, 7) is 2.24. The Bertz CT molecular complexity index is 868.